The minimum absolute atomic E-state index is 0.108. The molecule has 0 radical (unpaired) electrons. The van der Waals surface area contributed by atoms with Crippen LogP contribution < -0.4 is 14.8 Å². The second-order valence-corrected chi connectivity index (χ2v) is 7.33. The quantitative estimate of drug-likeness (QED) is 0.795. The van der Waals surface area contributed by atoms with Gasteiger partial charge in [0.15, 0.2) is 11.5 Å². The first-order chi connectivity index (χ1) is 13.7. The van der Waals surface area contributed by atoms with Crippen LogP contribution in [0.1, 0.15) is 47.3 Å². The molecule has 5 nitrogen and oxygen atoms in total. The summed E-state index contributed by atoms with van der Waals surface area (Å²) in [5, 5.41) is 3.17. The summed E-state index contributed by atoms with van der Waals surface area (Å²) in [6.07, 6.45) is 10.9. The summed E-state index contributed by atoms with van der Waals surface area (Å²) in [4.78, 5) is 17.6. The van der Waals surface area contributed by atoms with Crippen molar-refractivity contribution in [3.05, 3.63) is 52.4 Å². The van der Waals surface area contributed by atoms with Gasteiger partial charge in [0.1, 0.15) is 0 Å². The van der Waals surface area contributed by atoms with Gasteiger partial charge in [0.25, 0.3) is 0 Å². The first kappa shape index (κ1) is 18.5. The number of methoxy groups -OCH3 is 2. The molecule has 0 atom stereocenters. The molecule has 0 saturated heterocycles. The fraction of sp³-hybridized carbons (Fsp3) is 0.391. The second-order valence-electron chi connectivity index (χ2n) is 7.33. The largest absolute Gasteiger partial charge is 0.493 e. The van der Waals surface area contributed by atoms with Gasteiger partial charge in [-0.2, -0.15) is 0 Å². The summed E-state index contributed by atoms with van der Waals surface area (Å²) in [6, 6.07) is 5.59. The maximum atomic E-state index is 12.7. The molecule has 1 aromatic carbocycles. The smallest absolute Gasteiger partial charge is 0.248 e. The van der Waals surface area contributed by atoms with Gasteiger partial charge in [-0.05, 0) is 79.8 Å². The summed E-state index contributed by atoms with van der Waals surface area (Å²) in [5.74, 6) is 1.21. The Morgan fingerprint density at radius 1 is 0.964 bits per heavy atom. The van der Waals surface area contributed by atoms with Crippen LogP contribution >= 0.6 is 0 Å². The first-order valence-electron chi connectivity index (χ1n) is 9.94. The Labute approximate surface area is 165 Å². The standard InChI is InChI=1S/C23H26N2O3/c1-27-20-12-10-15(14-21(20)28-2)11-13-22(26)25-23-16-6-3-4-8-18(16)24-19-9-5-7-17(19)23/h10-14H,3-9H2,1-2H3,(H,24,25,26). The van der Waals surface area contributed by atoms with Crippen LogP contribution in [0.4, 0.5) is 5.69 Å². The molecule has 28 heavy (non-hydrogen) atoms. The van der Waals surface area contributed by atoms with E-state index in [0.29, 0.717) is 11.5 Å². The number of aryl methyl sites for hydroxylation is 2. The number of amides is 1. The fourth-order valence-electron chi connectivity index (χ4n) is 4.19. The SMILES string of the molecule is COc1ccc(C=CC(=O)Nc2c3c(nc4c2CCC4)CCCC3)cc1OC. The molecule has 0 bridgehead atoms. The summed E-state index contributed by atoms with van der Waals surface area (Å²) in [7, 11) is 3.21. The number of carbonyl (C=O) groups is 1. The lowest BCUT2D eigenvalue weighted by Gasteiger charge is -2.22. The highest BCUT2D eigenvalue weighted by molar-refractivity contribution is 6.03. The van der Waals surface area contributed by atoms with Crippen LogP contribution in [0.25, 0.3) is 6.08 Å². The molecular formula is C23H26N2O3. The maximum absolute atomic E-state index is 12.7. The van der Waals surface area contributed by atoms with E-state index < -0.39 is 0 Å². The van der Waals surface area contributed by atoms with E-state index in [9.17, 15) is 4.79 Å². The van der Waals surface area contributed by atoms with Crippen molar-refractivity contribution in [2.75, 3.05) is 19.5 Å². The zero-order chi connectivity index (χ0) is 19.5. The highest BCUT2D eigenvalue weighted by atomic mass is 16.5. The Morgan fingerprint density at radius 2 is 1.64 bits per heavy atom. The Hall–Kier alpha value is -2.82. The number of ether oxygens (including phenoxy) is 2. The monoisotopic (exact) mass is 378 g/mol. The average Bonchev–Trinajstić information content (AvgIpc) is 3.20. The van der Waals surface area contributed by atoms with Crippen molar-refractivity contribution in [1.82, 2.24) is 4.98 Å². The number of nitrogens with one attached hydrogen (secondary N) is 1. The zero-order valence-electron chi connectivity index (χ0n) is 16.5. The predicted octanol–water partition coefficient (Wildman–Crippen LogP) is 4.12. The molecule has 2 aliphatic rings. The van der Waals surface area contributed by atoms with Crippen molar-refractivity contribution in [2.24, 2.45) is 0 Å². The van der Waals surface area contributed by atoms with Gasteiger partial charge >= 0.3 is 0 Å². The molecule has 1 heterocycles. The molecule has 146 valence electrons. The third kappa shape index (κ3) is 3.61. The van der Waals surface area contributed by atoms with Crippen LogP contribution in [-0.4, -0.2) is 25.1 Å². The van der Waals surface area contributed by atoms with E-state index in [1.165, 1.54) is 28.9 Å². The number of pyridine rings is 1. The molecule has 0 aliphatic heterocycles. The molecule has 0 unspecified atom stereocenters. The normalized spacial score (nSPS) is 15.2. The Morgan fingerprint density at radius 3 is 2.39 bits per heavy atom. The lowest BCUT2D eigenvalue weighted by Crippen LogP contribution is -2.17. The second kappa shape index (κ2) is 8.05. The Bertz CT molecular complexity index is 934. The van der Waals surface area contributed by atoms with E-state index >= 15 is 0 Å². The fourth-order valence-corrected chi connectivity index (χ4v) is 4.19. The third-order valence-electron chi connectivity index (χ3n) is 5.58. The highest BCUT2D eigenvalue weighted by Crippen LogP contribution is 2.36. The van der Waals surface area contributed by atoms with E-state index in [1.807, 2.05) is 18.2 Å². The predicted molar refractivity (Wildman–Crippen MR) is 110 cm³/mol. The molecule has 1 aromatic heterocycles. The molecular weight excluding hydrogens is 352 g/mol. The minimum Gasteiger partial charge on any atom is -0.493 e. The number of anilines is 1. The van der Waals surface area contributed by atoms with Crippen molar-refractivity contribution < 1.29 is 14.3 Å². The molecule has 2 aromatic rings. The Balaban J connectivity index is 1.56. The molecule has 0 saturated carbocycles. The van der Waals surface area contributed by atoms with E-state index in [1.54, 1.807) is 26.4 Å². The van der Waals surface area contributed by atoms with Crippen LogP contribution in [-0.2, 0) is 30.5 Å². The van der Waals surface area contributed by atoms with Gasteiger partial charge in [0.2, 0.25) is 5.91 Å². The van der Waals surface area contributed by atoms with Crippen molar-refractivity contribution in [3.63, 3.8) is 0 Å². The topological polar surface area (TPSA) is 60.5 Å². The van der Waals surface area contributed by atoms with Gasteiger partial charge in [-0.15, -0.1) is 0 Å². The molecule has 1 amide bonds. The Kier molecular flexibility index (Phi) is 5.33. The average molecular weight is 378 g/mol. The van der Waals surface area contributed by atoms with Gasteiger partial charge in [-0.25, -0.2) is 0 Å². The van der Waals surface area contributed by atoms with E-state index in [-0.39, 0.29) is 5.91 Å². The minimum atomic E-state index is -0.108. The van der Waals surface area contributed by atoms with Crippen molar-refractivity contribution >= 4 is 17.7 Å². The number of carbonyl (C=O) groups excluding carboxylic acids is 1. The first-order valence-corrected chi connectivity index (χ1v) is 9.94. The van der Waals surface area contributed by atoms with E-state index in [0.717, 1.165) is 49.8 Å². The van der Waals surface area contributed by atoms with Gasteiger partial charge < -0.3 is 14.8 Å². The zero-order valence-corrected chi connectivity index (χ0v) is 16.5. The molecule has 1 N–H and O–H groups in total. The number of fused-ring (bicyclic) bond motifs is 2. The van der Waals surface area contributed by atoms with Gasteiger partial charge in [0, 0.05) is 17.5 Å². The number of rotatable bonds is 5. The van der Waals surface area contributed by atoms with Crippen molar-refractivity contribution in [2.45, 2.75) is 44.9 Å². The number of benzene rings is 1. The van der Waals surface area contributed by atoms with Crippen LogP contribution in [0.15, 0.2) is 24.3 Å². The summed E-state index contributed by atoms with van der Waals surface area (Å²) in [6.45, 7) is 0. The summed E-state index contributed by atoms with van der Waals surface area (Å²) in [5.41, 5.74) is 6.77. The summed E-state index contributed by atoms with van der Waals surface area (Å²) >= 11 is 0. The van der Waals surface area contributed by atoms with Crippen LogP contribution in [0, 0.1) is 0 Å². The van der Waals surface area contributed by atoms with Gasteiger partial charge in [0.05, 0.1) is 19.9 Å². The highest BCUT2D eigenvalue weighted by Gasteiger charge is 2.25. The molecule has 4 rings (SSSR count). The van der Waals surface area contributed by atoms with Crippen LogP contribution in [0.2, 0.25) is 0 Å². The maximum Gasteiger partial charge on any atom is 0.248 e. The van der Waals surface area contributed by atoms with Gasteiger partial charge in [-0.3, -0.25) is 9.78 Å². The number of aromatic nitrogens is 1. The number of hydrogen-bond acceptors (Lipinski definition) is 4. The lowest BCUT2D eigenvalue weighted by atomic mass is 9.92. The third-order valence-corrected chi connectivity index (χ3v) is 5.58. The molecule has 2 aliphatic carbocycles. The van der Waals surface area contributed by atoms with E-state index in [4.69, 9.17) is 14.5 Å². The van der Waals surface area contributed by atoms with E-state index in [2.05, 4.69) is 5.32 Å². The van der Waals surface area contributed by atoms with Crippen molar-refractivity contribution in [3.8, 4) is 11.5 Å². The summed E-state index contributed by atoms with van der Waals surface area (Å²) < 4.78 is 10.6. The van der Waals surface area contributed by atoms with Crippen LogP contribution in [0.3, 0.4) is 0 Å². The lowest BCUT2D eigenvalue weighted by molar-refractivity contribution is -0.111. The van der Waals surface area contributed by atoms with Crippen molar-refractivity contribution in [1.29, 1.82) is 0 Å². The molecule has 5 heteroatoms. The molecule has 0 fully saturated rings. The number of nitrogens with zero attached hydrogens (tertiary/aromatic N) is 1. The number of hydrogen-bond donors (Lipinski definition) is 1. The van der Waals surface area contributed by atoms with Gasteiger partial charge in [-0.1, -0.05) is 6.07 Å². The molecule has 0 spiro atoms. The van der Waals surface area contributed by atoms with Crippen LogP contribution in [0.5, 0.6) is 11.5 Å².